The van der Waals surface area contributed by atoms with Crippen LogP contribution in [0, 0.1) is 31.6 Å². The summed E-state index contributed by atoms with van der Waals surface area (Å²) >= 11 is 1.63. The van der Waals surface area contributed by atoms with Crippen molar-refractivity contribution in [2.24, 2.45) is 17.8 Å². The number of aryl methyl sites for hydroxylation is 2. The molecule has 1 spiro atoms. The van der Waals surface area contributed by atoms with Crippen molar-refractivity contribution in [3.05, 3.63) is 115 Å². The molecule has 0 aromatic heterocycles. The molecule has 3 aliphatic heterocycles. The maximum absolute atomic E-state index is 15.4. The highest BCUT2D eigenvalue weighted by atomic mass is 32.2. The number of nitrogens with zero attached hydrogens (tertiary/aromatic N) is 3. The third-order valence-electron chi connectivity index (χ3n) is 10.7. The van der Waals surface area contributed by atoms with E-state index in [1.54, 1.807) is 38.6 Å². The Morgan fingerprint density at radius 3 is 2.34 bits per heavy atom. The second-order valence-electron chi connectivity index (χ2n) is 13.6. The lowest BCUT2D eigenvalue weighted by Crippen LogP contribution is -2.58. The molecule has 3 heterocycles. The normalized spacial score (nSPS) is 25.6. The lowest BCUT2D eigenvalue weighted by atomic mass is 9.65. The van der Waals surface area contributed by atoms with E-state index in [-0.39, 0.29) is 48.6 Å². The van der Waals surface area contributed by atoms with Crippen LogP contribution in [0.1, 0.15) is 43.0 Å². The van der Waals surface area contributed by atoms with Crippen LogP contribution in [0.5, 0.6) is 5.75 Å². The van der Waals surface area contributed by atoms with E-state index in [1.807, 2.05) is 93.6 Å². The number of carbonyl (C=O) groups is 3. The number of carbonyl (C=O) groups excluding carboxylic acids is 3. The smallest absolute Gasteiger partial charge is 0.251 e. The van der Waals surface area contributed by atoms with Crippen molar-refractivity contribution in [3.63, 3.8) is 0 Å². The number of benzene rings is 3. The number of rotatable bonds is 13. The summed E-state index contributed by atoms with van der Waals surface area (Å²) in [6.07, 6.45) is 4.08. The second kappa shape index (κ2) is 14.5. The summed E-state index contributed by atoms with van der Waals surface area (Å²) in [6.45, 7) is 16.6. The lowest BCUT2D eigenvalue weighted by Gasteiger charge is -2.42. The number of aliphatic hydroxyl groups is 1. The number of hydrogen-bond donors (Lipinski definition) is 1. The summed E-state index contributed by atoms with van der Waals surface area (Å²) in [7, 11) is 0. The molecule has 8 nitrogen and oxygen atoms in total. The topological polar surface area (TPSA) is 90.4 Å². The van der Waals surface area contributed by atoms with Gasteiger partial charge in [0.05, 0.1) is 35.8 Å². The minimum Gasteiger partial charge on any atom is -0.494 e. The number of ether oxygens (including phenoxy) is 1. The van der Waals surface area contributed by atoms with Crippen LogP contribution >= 0.6 is 11.8 Å². The summed E-state index contributed by atoms with van der Waals surface area (Å²) in [6, 6.07) is 21.1. The first-order valence-corrected chi connectivity index (χ1v) is 18.3. The van der Waals surface area contributed by atoms with E-state index in [0.29, 0.717) is 24.5 Å². The lowest BCUT2D eigenvalue weighted by molar-refractivity contribution is -0.142. The van der Waals surface area contributed by atoms with E-state index in [9.17, 15) is 9.90 Å². The molecular weight excluding hydrogens is 647 g/mol. The second-order valence-corrected chi connectivity index (χ2v) is 15.1. The molecule has 1 N–H and O–H groups in total. The van der Waals surface area contributed by atoms with Crippen LogP contribution in [0.2, 0.25) is 0 Å². The maximum Gasteiger partial charge on any atom is 0.251 e. The van der Waals surface area contributed by atoms with Gasteiger partial charge >= 0.3 is 0 Å². The molecular formula is C41H47N3O5S. The number of fused-ring (bicyclic) bond motifs is 1. The van der Waals surface area contributed by atoms with Gasteiger partial charge in [-0.15, -0.1) is 24.9 Å². The van der Waals surface area contributed by atoms with E-state index in [1.165, 1.54) is 0 Å². The highest BCUT2D eigenvalue weighted by Crippen LogP contribution is 2.69. The zero-order chi connectivity index (χ0) is 35.7. The molecule has 3 aliphatic rings. The van der Waals surface area contributed by atoms with Crippen molar-refractivity contribution in [2.45, 2.75) is 56.2 Å². The van der Waals surface area contributed by atoms with Crippen LogP contribution in [0.4, 0.5) is 11.4 Å². The third kappa shape index (κ3) is 5.84. The number of likely N-dealkylation sites (tertiary alicyclic amines) is 1. The fourth-order valence-corrected chi connectivity index (χ4v) is 10.9. The number of amides is 3. The molecule has 50 heavy (non-hydrogen) atoms. The van der Waals surface area contributed by atoms with Crippen molar-refractivity contribution in [1.29, 1.82) is 0 Å². The molecule has 0 saturated carbocycles. The van der Waals surface area contributed by atoms with Crippen molar-refractivity contribution < 1.29 is 24.2 Å². The predicted molar refractivity (Wildman–Crippen MR) is 200 cm³/mol. The average Bonchev–Trinajstić information content (AvgIpc) is 3.72. The van der Waals surface area contributed by atoms with Gasteiger partial charge in [-0.1, -0.05) is 61.5 Å². The first-order valence-electron chi connectivity index (χ1n) is 17.4. The molecule has 3 amide bonds. The zero-order valence-electron chi connectivity index (χ0n) is 29.3. The van der Waals surface area contributed by atoms with Gasteiger partial charge in [0.1, 0.15) is 11.8 Å². The van der Waals surface area contributed by atoms with Gasteiger partial charge in [-0.3, -0.25) is 14.4 Å². The van der Waals surface area contributed by atoms with Crippen LogP contribution in [-0.2, 0) is 14.4 Å². The molecule has 262 valence electrons. The van der Waals surface area contributed by atoms with Gasteiger partial charge in [-0.25, -0.2) is 0 Å². The highest BCUT2D eigenvalue weighted by molar-refractivity contribution is 8.02. The third-order valence-corrected chi connectivity index (χ3v) is 12.7. The molecule has 3 saturated heterocycles. The summed E-state index contributed by atoms with van der Waals surface area (Å²) < 4.78 is 4.75. The summed E-state index contributed by atoms with van der Waals surface area (Å²) in [5.74, 6) is -1.44. The van der Waals surface area contributed by atoms with Crippen molar-refractivity contribution in [1.82, 2.24) is 4.90 Å². The molecule has 6 rings (SSSR count). The number of anilines is 2. The van der Waals surface area contributed by atoms with E-state index >= 15 is 9.59 Å². The minimum absolute atomic E-state index is 0.0490. The van der Waals surface area contributed by atoms with Crippen LogP contribution in [0.25, 0.3) is 0 Å². The predicted octanol–water partition coefficient (Wildman–Crippen LogP) is 6.51. The summed E-state index contributed by atoms with van der Waals surface area (Å²) in [5, 5.41) is 10.8. The van der Waals surface area contributed by atoms with E-state index in [4.69, 9.17) is 4.74 Å². The molecule has 3 aromatic carbocycles. The quantitative estimate of drug-likeness (QED) is 0.206. The van der Waals surface area contributed by atoms with E-state index in [2.05, 4.69) is 20.1 Å². The van der Waals surface area contributed by atoms with Gasteiger partial charge in [-0.2, -0.15) is 0 Å². The van der Waals surface area contributed by atoms with Crippen LogP contribution < -0.4 is 14.5 Å². The Balaban J connectivity index is 1.49. The average molecular weight is 694 g/mol. The monoisotopic (exact) mass is 693 g/mol. The van der Waals surface area contributed by atoms with Gasteiger partial charge in [0.25, 0.3) is 5.91 Å². The molecule has 0 aliphatic carbocycles. The number of thioether (sulfide) groups is 1. The highest BCUT2D eigenvalue weighted by Gasteiger charge is 2.77. The Morgan fingerprint density at radius 1 is 1.02 bits per heavy atom. The molecule has 2 bridgehead atoms. The zero-order valence-corrected chi connectivity index (χ0v) is 30.1. The Labute approximate surface area is 299 Å². The molecule has 3 unspecified atom stereocenters. The maximum atomic E-state index is 15.4. The Morgan fingerprint density at radius 2 is 1.70 bits per heavy atom. The molecule has 0 radical (unpaired) electrons. The van der Waals surface area contributed by atoms with Crippen molar-refractivity contribution >= 4 is 40.9 Å². The molecule has 9 heteroatoms. The van der Waals surface area contributed by atoms with Crippen molar-refractivity contribution in [2.75, 3.05) is 36.1 Å². The summed E-state index contributed by atoms with van der Waals surface area (Å²) in [5.41, 5.74) is 4.11. The van der Waals surface area contributed by atoms with Gasteiger partial charge < -0.3 is 24.5 Å². The minimum atomic E-state index is -0.932. The van der Waals surface area contributed by atoms with Crippen molar-refractivity contribution in [3.8, 4) is 5.75 Å². The first-order chi connectivity index (χ1) is 24.1. The first kappa shape index (κ1) is 35.5. The molecule has 3 fully saturated rings. The van der Waals surface area contributed by atoms with E-state index in [0.717, 1.165) is 22.4 Å². The number of hydrogen-bond acceptors (Lipinski definition) is 6. The van der Waals surface area contributed by atoms with E-state index < -0.39 is 28.7 Å². The fourth-order valence-electron chi connectivity index (χ4n) is 8.50. The summed E-state index contributed by atoms with van der Waals surface area (Å²) in [4.78, 5) is 50.5. The standard InChI is InChI=1S/C41H47N3O5S/c1-7-21-42(30-17-19-31(20-18-30)49-9-3)38(46)35-34-24-28(6)41(50-34)36(35)39(47)44(33(25-45)29-13-11-10-12-14-29)37(41)40(48)43(22-8-2)32-23-26(4)15-16-27(32)5/h7-8,10-20,23,28,33-37,45H,1-2,9,21-22,24-25H2,3-6H3/t28?,33-,34+,35-,36+,37?,41?/m1/s1. The van der Waals surface area contributed by atoms with Gasteiger partial charge in [-0.05, 0) is 80.1 Å². The molecule has 7 atom stereocenters. The van der Waals surface area contributed by atoms with Gasteiger partial charge in [0.15, 0.2) is 0 Å². The SMILES string of the molecule is C=CCN(C(=O)[C@@H]1[C@@H]2CC(C)C3(S2)C(C(=O)N(CC=C)c2cc(C)ccc2C)N([C@H](CO)c2ccccc2)C(=O)[C@H]13)c1ccc(OCC)cc1. The Bertz CT molecular complexity index is 1760. The fraction of sp³-hybridized carbons (Fsp3) is 0.390. The Hall–Kier alpha value is -4.34. The van der Waals surface area contributed by atoms with Crippen LogP contribution in [0.15, 0.2) is 98.1 Å². The van der Waals surface area contributed by atoms with Crippen LogP contribution in [-0.4, -0.2) is 70.1 Å². The largest absolute Gasteiger partial charge is 0.494 e. The Kier molecular flexibility index (Phi) is 10.3. The van der Waals surface area contributed by atoms with Gasteiger partial charge in [0.2, 0.25) is 11.8 Å². The van der Waals surface area contributed by atoms with Crippen LogP contribution in [0.3, 0.4) is 0 Å². The number of aliphatic hydroxyl groups excluding tert-OH is 1. The molecule has 3 aromatic rings. The van der Waals surface area contributed by atoms with Gasteiger partial charge in [0, 0.05) is 29.7 Å².